The van der Waals surface area contributed by atoms with Gasteiger partial charge in [-0.15, -0.1) is 0 Å². The molecule has 0 aliphatic rings. The summed E-state index contributed by atoms with van der Waals surface area (Å²) < 4.78 is 11.1. The van der Waals surface area contributed by atoms with Gasteiger partial charge in [0.1, 0.15) is 6.61 Å². The molecule has 1 N–H and O–H groups in total. The fourth-order valence-electron chi connectivity index (χ4n) is 2.89. The summed E-state index contributed by atoms with van der Waals surface area (Å²) in [6.45, 7) is 0.219. The Hall–Kier alpha value is -3.53. The Kier molecular flexibility index (Phi) is 4.39. The van der Waals surface area contributed by atoms with Crippen molar-refractivity contribution in [3.8, 4) is 22.6 Å². The van der Waals surface area contributed by atoms with E-state index in [1.165, 1.54) is 0 Å². The van der Waals surface area contributed by atoms with E-state index in [1.54, 1.807) is 12.3 Å². The Bertz CT molecular complexity index is 987. The molecule has 0 aliphatic carbocycles. The normalized spacial score (nSPS) is 10.6. The molecule has 0 bridgehead atoms. The third kappa shape index (κ3) is 3.17. The monoisotopic (exact) mass is 343 g/mol. The zero-order valence-electron chi connectivity index (χ0n) is 14.0. The van der Waals surface area contributed by atoms with Gasteiger partial charge in [0.2, 0.25) is 0 Å². The molecule has 0 fully saturated rings. The number of esters is 1. The number of carbonyl (C=O) groups excluding carboxylic acids is 1. The highest BCUT2D eigenvalue weighted by atomic mass is 16.5. The lowest BCUT2D eigenvalue weighted by Crippen LogP contribution is -2.07. The minimum absolute atomic E-state index is 0.219. The number of carbonyl (C=O) groups is 1. The lowest BCUT2D eigenvalue weighted by atomic mass is 10.0. The quantitative estimate of drug-likeness (QED) is 0.500. The van der Waals surface area contributed by atoms with Crippen LogP contribution in [-0.2, 0) is 11.3 Å². The molecule has 0 saturated heterocycles. The van der Waals surface area contributed by atoms with Crippen molar-refractivity contribution in [2.45, 2.75) is 6.61 Å². The average Bonchev–Trinajstić information content (AvgIpc) is 3.37. The molecule has 0 aliphatic heterocycles. The number of ether oxygens (including phenoxy) is 1. The van der Waals surface area contributed by atoms with Crippen LogP contribution in [0.2, 0.25) is 0 Å². The number of aromatic nitrogens is 1. The van der Waals surface area contributed by atoms with E-state index in [0.29, 0.717) is 17.0 Å². The first kappa shape index (κ1) is 16.0. The molecule has 4 rings (SSSR count). The summed E-state index contributed by atoms with van der Waals surface area (Å²) in [5.74, 6) is 0.208. The SMILES string of the molecule is O=C(OCc1ccccc1)c1c(-c2ccccc2)c[nH]c1-c1ccco1. The van der Waals surface area contributed by atoms with E-state index in [0.717, 1.165) is 16.7 Å². The molecular formula is C22H17NO3. The lowest BCUT2D eigenvalue weighted by molar-refractivity contribution is 0.0474. The van der Waals surface area contributed by atoms with Crippen LogP contribution < -0.4 is 0 Å². The first-order valence-electron chi connectivity index (χ1n) is 8.34. The second kappa shape index (κ2) is 7.15. The van der Waals surface area contributed by atoms with E-state index in [1.807, 2.05) is 72.9 Å². The van der Waals surface area contributed by atoms with E-state index in [2.05, 4.69) is 4.98 Å². The van der Waals surface area contributed by atoms with Crippen molar-refractivity contribution in [3.63, 3.8) is 0 Å². The van der Waals surface area contributed by atoms with E-state index in [-0.39, 0.29) is 12.6 Å². The van der Waals surface area contributed by atoms with Gasteiger partial charge >= 0.3 is 5.97 Å². The minimum Gasteiger partial charge on any atom is -0.463 e. The second-order valence-corrected chi connectivity index (χ2v) is 5.86. The molecule has 2 heterocycles. The van der Waals surface area contributed by atoms with Crippen LogP contribution in [0, 0.1) is 0 Å². The lowest BCUT2D eigenvalue weighted by Gasteiger charge is -2.08. The fraction of sp³-hybridized carbons (Fsp3) is 0.0455. The van der Waals surface area contributed by atoms with Crippen LogP contribution in [0.1, 0.15) is 15.9 Å². The number of hydrogen-bond acceptors (Lipinski definition) is 3. The number of nitrogens with one attached hydrogen (secondary N) is 1. The molecule has 0 saturated carbocycles. The van der Waals surface area contributed by atoms with Gasteiger partial charge in [0, 0.05) is 11.8 Å². The van der Waals surface area contributed by atoms with Crippen molar-refractivity contribution in [3.05, 3.63) is 96.4 Å². The second-order valence-electron chi connectivity index (χ2n) is 5.86. The molecule has 4 aromatic rings. The van der Waals surface area contributed by atoms with Gasteiger partial charge in [0.05, 0.1) is 17.5 Å². The van der Waals surface area contributed by atoms with Crippen LogP contribution in [0.5, 0.6) is 0 Å². The summed E-state index contributed by atoms with van der Waals surface area (Å²) >= 11 is 0. The standard InChI is InChI=1S/C22H17NO3/c24-22(26-15-16-8-3-1-4-9-16)20-18(17-10-5-2-6-11-17)14-23-21(20)19-12-7-13-25-19/h1-14,23H,15H2. The van der Waals surface area contributed by atoms with Gasteiger partial charge in [0.15, 0.2) is 5.76 Å². The van der Waals surface area contributed by atoms with Crippen molar-refractivity contribution in [2.75, 3.05) is 0 Å². The number of H-pyrrole nitrogens is 1. The van der Waals surface area contributed by atoms with E-state index >= 15 is 0 Å². The zero-order chi connectivity index (χ0) is 17.8. The highest BCUT2D eigenvalue weighted by Gasteiger charge is 2.23. The predicted octanol–water partition coefficient (Wildman–Crippen LogP) is 5.30. The molecule has 0 atom stereocenters. The summed E-state index contributed by atoms with van der Waals surface area (Å²) in [4.78, 5) is 16.1. The van der Waals surface area contributed by atoms with Gasteiger partial charge in [-0.3, -0.25) is 0 Å². The maximum absolute atomic E-state index is 12.9. The topological polar surface area (TPSA) is 55.2 Å². The van der Waals surface area contributed by atoms with Crippen molar-refractivity contribution in [2.24, 2.45) is 0 Å². The van der Waals surface area contributed by atoms with Gasteiger partial charge in [-0.1, -0.05) is 60.7 Å². The van der Waals surface area contributed by atoms with Crippen LogP contribution in [0.4, 0.5) is 0 Å². The Morgan fingerprint density at radius 1 is 0.923 bits per heavy atom. The van der Waals surface area contributed by atoms with Crippen LogP contribution in [0.25, 0.3) is 22.6 Å². The van der Waals surface area contributed by atoms with Crippen molar-refractivity contribution in [1.29, 1.82) is 0 Å². The third-order valence-electron chi connectivity index (χ3n) is 4.15. The van der Waals surface area contributed by atoms with Crippen LogP contribution in [0.15, 0.2) is 89.7 Å². The van der Waals surface area contributed by atoms with Crippen molar-refractivity contribution >= 4 is 5.97 Å². The Balaban J connectivity index is 1.70. The first-order chi connectivity index (χ1) is 12.8. The van der Waals surface area contributed by atoms with Gasteiger partial charge in [-0.25, -0.2) is 4.79 Å². The summed E-state index contributed by atoms with van der Waals surface area (Å²) in [5.41, 5.74) is 3.76. The molecule has 0 radical (unpaired) electrons. The first-order valence-corrected chi connectivity index (χ1v) is 8.34. The zero-order valence-corrected chi connectivity index (χ0v) is 14.0. The number of hydrogen-bond donors (Lipinski definition) is 1. The minimum atomic E-state index is -0.389. The largest absolute Gasteiger partial charge is 0.463 e. The highest BCUT2D eigenvalue weighted by molar-refractivity contribution is 6.03. The number of benzene rings is 2. The number of aromatic amines is 1. The summed E-state index contributed by atoms with van der Waals surface area (Å²) in [5, 5.41) is 0. The summed E-state index contributed by atoms with van der Waals surface area (Å²) in [6.07, 6.45) is 3.39. The number of rotatable bonds is 5. The van der Waals surface area contributed by atoms with Crippen LogP contribution in [-0.4, -0.2) is 11.0 Å². The van der Waals surface area contributed by atoms with Crippen molar-refractivity contribution < 1.29 is 13.9 Å². The Morgan fingerprint density at radius 2 is 1.65 bits per heavy atom. The number of furan rings is 1. The molecule has 2 aromatic carbocycles. The van der Waals surface area contributed by atoms with E-state index in [4.69, 9.17) is 9.15 Å². The molecule has 0 amide bonds. The molecule has 2 aromatic heterocycles. The summed E-state index contributed by atoms with van der Waals surface area (Å²) in [7, 11) is 0. The Labute approximate surface area is 151 Å². The third-order valence-corrected chi connectivity index (χ3v) is 4.15. The molecule has 0 spiro atoms. The van der Waals surface area contributed by atoms with Gasteiger partial charge < -0.3 is 14.1 Å². The van der Waals surface area contributed by atoms with Crippen LogP contribution in [0.3, 0.4) is 0 Å². The van der Waals surface area contributed by atoms with Crippen molar-refractivity contribution in [1.82, 2.24) is 4.98 Å². The van der Waals surface area contributed by atoms with Gasteiger partial charge in [0.25, 0.3) is 0 Å². The Morgan fingerprint density at radius 3 is 2.35 bits per heavy atom. The van der Waals surface area contributed by atoms with Gasteiger partial charge in [-0.2, -0.15) is 0 Å². The molecule has 26 heavy (non-hydrogen) atoms. The molecule has 4 heteroatoms. The maximum Gasteiger partial charge on any atom is 0.341 e. The smallest absolute Gasteiger partial charge is 0.341 e. The average molecular weight is 343 g/mol. The summed E-state index contributed by atoms with van der Waals surface area (Å²) in [6, 6.07) is 23.0. The highest BCUT2D eigenvalue weighted by Crippen LogP contribution is 2.33. The molecular weight excluding hydrogens is 326 g/mol. The molecule has 128 valence electrons. The van der Waals surface area contributed by atoms with Crippen LogP contribution >= 0.6 is 0 Å². The van der Waals surface area contributed by atoms with E-state index in [9.17, 15) is 4.79 Å². The fourth-order valence-corrected chi connectivity index (χ4v) is 2.89. The van der Waals surface area contributed by atoms with Gasteiger partial charge in [-0.05, 0) is 23.3 Å². The maximum atomic E-state index is 12.9. The molecule has 4 nitrogen and oxygen atoms in total. The molecule has 0 unspecified atom stereocenters. The predicted molar refractivity (Wildman–Crippen MR) is 99.5 cm³/mol. The van der Waals surface area contributed by atoms with E-state index < -0.39 is 0 Å².